The third-order valence-corrected chi connectivity index (χ3v) is 5.04. The zero-order chi connectivity index (χ0) is 17.9. The Bertz CT molecular complexity index is 973. The summed E-state index contributed by atoms with van der Waals surface area (Å²) in [5, 5.41) is 1.79. The van der Waals surface area contributed by atoms with Crippen molar-refractivity contribution >= 4 is 20.8 Å². The summed E-state index contributed by atoms with van der Waals surface area (Å²) in [6, 6.07) is 18.2. The number of hydrogen-bond donors (Lipinski definition) is 1. The van der Waals surface area contributed by atoms with Gasteiger partial charge in [-0.15, -0.1) is 0 Å². The molecule has 0 radical (unpaired) electrons. The van der Waals surface area contributed by atoms with Crippen LogP contribution >= 0.6 is 0 Å². The zero-order valence-corrected chi connectivity index (χ0v) is 13.8. The van der Waals surface area contributed by atoms with Crippen molar-refractivity contribution in [1.29, 1.82) is 0 Å². The zero-order valence-electron chi connectivity index (χ0n) is 13.0. The minimum atomic E-state index is -3.68. The molecule has 25 heavy (non-hydrogen) atoms. The van der Waals surface area contributed by atoms with E-state index in [0.29, 0.717) is 5.56 Å². The highest BCUT2D eigenvalue weighted by atomic mass is 32.2. The number of ether oxygens (including phenoxy) is 1. The first-order chi connectivity index (χ1) is 11.9. The van der Waals surface area contributed by atoms with E-state index in [1.165, 1.54) is 24.3 Å². The summed E-state index contributed by atoms with van der Waals surface area (Å²) in [6.45, 7) is -2.85. The van der Waals surface area contributed by atoms with Gasteiger partial charge < -0.3 is 4.74 Å². The van der Waals surface area contributed by atoms with E-state index in [0.717, 1.165) is 10.8 Å². The molecular weight excluding hydrogens is 348 g/mol. The molecule has 130 valence electrons. The van der Waals surface area contributed by atoms with Crippen LogP contribution in [0.5, 0.6) is 5.75 Å². The number of alkyl halides is 2. The highest BCUT2D eigenvalue weighted by Crippen LogP contribution is 2.19. The molecule has 0 aliphatic rings. The monoisotopic (exact) mass is 363 g/mol. The van der Waals surface area contributed by atoms with Crippen LogP contribution < -0.4 is 9.46 Å². The Morgan fingerprint density at radius 3 is 2.28 bits per heavy atom. The van der Waals surface area contributed by atoms with Crippen LogP contribution in [0.2, 0.25) is 0 Å². The summed E-state index contributed by atoms with van der Waals surface area (Å²) in [6.07, 6.45) is 0. The molecule has 4 nitrogen and oxygen atoms in total. The lowest BCUT2D eigenvalue weighted by atomic mass is 10.1. The average Bonchev–Trinajstić information content (AvgIpc) is 2.60. The van der Waals surface area contributed by atoms with Crippen LogP contribution in [0.1, 0.15) is 5.56 Å². The molecule has 0 atom stereocenters. The molecule has 0 unspecified atom stereocenters. The van der Waals surface area contributed by atoms with Crippen LogP contribution in [0.25, 0.3) is 10.8 Å². The lowest BCUT2D eigenvalue weighted by Crippen LogP contribution is -2.23. The van der Waals surface area contributed by atoms with Gasteiger partial charge in [0.15, 0.2) is 0 Å². The Morgan fingerprint density at radius 2 is 1.60 bits per heavy atom. The number of rotatable bonds is 6. The van der Waals surface area contributed by atoms with Gasteiger partial charge in [-0.2, -0.15) is 8.78 Å². The maximum absolute atomic E-state index is 12.4. The van der Waals surface area contributed by atoms with Gasteiger partial charge in [-0.1, -0.05) is 42.5 Å². The largest absolute Gasteiger partial charge is 0.435 e. The second-order valence-corrected chi connectivity index (χ2v) is 7.12. The number of fused-ring (bicyclic) bond motifs is 1. The Morgan fingerprint density at radius 1 is 0.920 bits per heavy atom. The molecule has 3 aromatic rings. The Labute approximate surface area is 144 Å². The van der Waals surface area contributed by atoms with Gasteiger partial charge in [-0.05, 0) is 40.6 Å². The number of hydrogen-bond acceptors (Lipinski definition) is 3. The average molecular weight is 363 g/mol. The van der Waals surface area contributed by atoms with Crippen LogP contribution in [-0.2, 0) is 16.6 Å². The van der Waals surface area contributed by atoms with Gasteiger partial charge in [-0.3, -0.25) is 0 Å². The van der Waals surface area contributed by atoms with E-state index in [9.17, 15) is 17.2 Å². The van der Waals surface area contributed by atoms with Crippen LogP contribution in [0, 0.1) is 0 Å². The van der Waals surface area contributed by atoms with Gasteiger partial charge >= 0.3 is 6.61 Å². The fourth-order valence-electron chi connectivity index (χ4n) is 2.38. The quantitative estimate of drug-likeness (QED) is 0.722. The standard InChI is InChI=1S/C18H15F2NO3S/c19-18(20)24-16-8-5-13(6-9-16)12-21-25(22,23)17-10-7-14-3-1-2-4-15(14)11-17/h1-11,18,21H,12H2. The third kappa shape index (κ3) is 4.32. The van der Waals surface area contributed by atoms with Gasteiger partial charge in [-0.25, -0.2) is 13.1 Å². The summed E-state index contributed by atoms with van der Waals surface area (Å²) < 4.78 is 55.8. The molecule has 0 aliphatic heterocycles. The number of sulfonamides is 1. The van der Waals surface area contributed by atoms with Crippen molar-refractivity contribution < 1.29 is 21.9 Å². The van der Waals surface area contributed by atoms with E-state index in [1.807, 2.05) is 24.3 Å². The van der Waals surface area contributed by atoms with Gasteiger partial charge in [0.05, 0.1) is 4.90 Å². The SMILES string of the molecule is O=S(=O)(NCc1ccc(OC(F)F)cc1)c1ccc2ccccc2c1. The molecule has 0 aromatic heterocycles. The first-order valence-corrected chi connectivity index (χ1v) is 8.94. The topological polar surface area (TPSA) is 55.4 Å². The van der Waals surface area contributed by atoms with Crippen molar-refractivity contribution in [2.45, 2.75) is 18.1 Å². The van der Waals surface area contributed by atoms with E-state index in [-0.39, 0.29) is 17.2 Å². The summed E-state index contributed by atoms with van der Waals surface area (Å²) in [7, 11) is -3.68. The lowest BCUT2D eigenvalue weighted by Gasteiger charge is -2.09. The van der Waals surface area contributed by atoms with Gasteiger partial charge in [0.25, 0.3) is 0 Å². The number of benzene rings is 3. The molecule has 3 aromatic carbocycles. The van der Waals surface area contributed by atoms with Crippen molar-refractivity contribution in [3.8, 4) is 5.75 Å². The predicted octanol–water partition coefficient (Wildman–Crippen LogP) is 3.92. The highest BCUT2D eigenvalue weighted by Gasteiger charge is 2.14. The Kier molecular flexibility index (Phi) is 4.96. The minimum absolute atomic E-state index is 0.0242. The summed E-state index contributed by atoms with van der Waals surface area (Å²) in [5.74, 6) is 0.0242. The first-order valence-electron chi connectivity index (χ1n) is 7.46. The molecule has 7 heteroatoms. The molecule has 3 rings (SSSR count). The van der Waals surface area contributed by atoms with Gasteiger partial charge in [0, 0.05) is 6.54 Å². The van der Waals surface area contributed by atoms with Crippen molar-refractivity contribution in [3.05, 3.63) is 72.3 Å². The number of halogens is 2. The molecule has 1 N–H and O–H groups in total. The second-order valence-electron chi connectivity index (χ2n) is 5.36. The van der Waals surface area contributed by atoms with Crippen molar-refractivity contribution in [2.75, 3.05) is 0 Å². The van der Waals surface area contributed by atoms with Crippen molar-refractivity contribution in [3.63, 3.8) is 0 Å². The minimum Gasteiger partial charge on any atom is -0.435 e. The van der Waals surface area contributed by atoms with E-state index >= 15 is 0 Å². The van der Waals surface area contributed by atoms with Crippen LogP contribution in [-0.4, -0.2) is 15.0 Å². The van der Waals surface area contributed by atoms with Crippen LogP contribution in [0.4, 0.5) is 8.78 Å². The van der Waals surface area contributed by atoms with Crippen molar-refractivity contribution in [2.24, 2.45) is 0 Å². The van der Waals surface area contributed by atoms with Crippen LogP contribution in [0.15, 0.2) is 71.6 Å². The molecular formula is C18H15F2NO3S. The Balaban J connectivity index is 1.72. The summed E-state index contributed by atoms with van der Waals surface area (Å²) in [5.41, 5.74) is 0.631. The first kappa shape index (κ1) is 17.3. The Hall–Kier alpha value is -2.51. The van der Waals surface area contributed by atoms with E-state index in [2.05, 4.69) is 9.46 Å². The highest BCUT2D eigenvalue weighted by molar-refractivity contribution is 7.89. The molecule has 0 fully saturated rings. The summed E-state index contributed by atoms with van der Waals surface area (Å²) >= 11 is 0. The molecule has 0 bridgehead atoms. The lowest BCUT2D eigenvalue weighted by molar-refractivity contribution is -0.0498. The number of nitrogens with one attached hydrogen (secondary N) is 1. The maximum Gasteiger partial charge on any atom is 0.387 e. The van der Waals surface area contributed by atoms with E-state index in [4.69, 9.17) is 0 Å². The second kappa shape index (κ2) is 7.16. The van der Waals surface area contributed by atoms with Gasteiger partial charge in [0.2, 0.25) is 10.0 Å². The molecule has 0 amide bonds. The molecule has 0 spiro atoms. The molecule has 0 saturated carbocycles. The molecule has 0 heterocycles. The fraction of sp³-hybridized carbons (Fsp3) is 0.111. The van der Waals surface area contributed by atoms with Crippen molar-refractivity contribution in [1.82, 2.24) is 4.72 Å². The normalized spacial score (nSPS) is 11.8. The maximum atomic E-state index is 12.4. The third-order valence-electron chi connectivity index (χ3n) is 3.65. The summed E-state index contributed by atoms with van der Waals surface area (Å²) in [4.78, 5) is 0.170. The van der Waals surface area contributed by atoms with E-state index in [1.54, 1.807) is 18.2 Å². The molecule has 0 aliphatic carbocycles. The van der Waals surface area contributed by atoms with Gasteiger partial charge in [0.1, 0.15) is 5.75 Å². The fourth-order valence-corrected chi connectivity index (χ4v) is 3.44. The van der Waals surface area contributed by atoms with E-state index < -0.39 is 16.6 Å². The van der Waals surface area contributed by atoms with Crippen LogP contribution in [0.3, 0.4) is 0 Å². The predicted molar refractivity (Wildman–Crippen MR) is 91.0 cm³/mol. The molecule has 0 saturated heterocycles. The smallest absolute Gasteiger partial charge is 0.387 e.